The number of rotatable bonds is 3. The molecule has 5 heterocycles. The Kier molecular flexibility index (Phi) is 4.52. The molecule has 0 aromatic carbocycles. The van der Waals surface area contributed by atoms with Crippen molar-refractivity contribution in [1.29, 1.82) is 0 Å². The lowest BCUT2D eigenvalue weighted by Gasteiger charge is -2.27. The maximum absolute atomic E-state index is 14.6. The van der Waals surface area contributed by atoms with Crippen molar-refractivity contribution >= 4 is 11.2 Å². The van der Waals surface area contributed by atoms with Crippen molar-refractivity contribution in [3.63, 3.8) is 0 Å². The summed E-state index contributed by atoms with van der Waals surface area (Å²) >= 11 is 0. The highest BCUT2D eigenvalue weighted by Crippen LogP contribution is 2.35. The Hall–Kier alpha value is -3.19. The summed E-state index contributed by atoms with van der Waals surface area (Å²) in [6, 6.07) is 7.39. The average molecular weight is 388 g/mol. The fraction of sp³-hybridized carbons (Fsp3) is 0.273. The third-order valence-electron chi connectivity index (χ3n) is 5.59. The van der Waals surface area contributed by atoms with Gasteiger partial charge in [0.1, 0.15) is 11.6 Å². The van der Waals surface area contributed by atoms with E-state index >= 15 is 0 Å². The van der Waals surface area contributed by atoms with Gasteiger partial charge in [0.15, 0.2) is 5.65 Å². The monoisotopic (exact) mass is 388 g/mol. The van der Waals surface area contributed by atoms with Crippen molar-refractivity contribution in [2.45, 2.75) is 18.8 Å². The quantitative estimate of drug-likeness (QED) is 0.574. The van der Waals surface area contributed by atoms with Crippen LogP contribution in [-0.2, 0) is 0 Å². The maximum atomic E-state index is 14.6. The van der Waals surface area contributed by atoms with Gasteiger partial charge in [-0.15, -0.1) is 0 Å². The summed E-state index contributed by atoms with van der Waals surface area (Å²) < 4.78 is 14.6. The molecule has 0 radical (unpaired) electrons. The van der Waals surface area contributed by atoms with Crippen LogP contribution < -0.4 is 0 Å². The van der Waals surface area contributed by atoms with Crippen molar-refractivity contribution in [1.82, 2.24) is 29.8 Å². The number of nitrogens with one attached hydrogen (secondary N) is 1. The summed E-state index contributed by atoms with van der Waals surface area (Å²) in [6.45, 7) is 2.12. The number of hydrogen-bond acceptors (Lipinski definition) is 5. The fourth-order valence-corrected chi connectivity index (χ4v) is 3.96. The molecule has 0 saturated carbocycles. The Balaban J connectivity index is 1.66. The van der Waals surface area contributed by atoms with E-state index in [1.165, 1.54) is 6.20 Å². The predicted octanol–water partition coefficient (Wildman–Crippen LogP) is 4.03. The molecule has 146 valence electrons. The summed E-state index contributed by atoms with van der Waals surface area (Å²) in [4.78, 5) is 23.5. The normalized spacial score (nSPS) is 15.8. The van der Waals surface area contributed by atoms with Gasteiger partial charge in [-0.05, 0) is 57.2 Å². The first-order valence-corrected chi connectivity index (χ1v) is 9.78. The largest absolute Gasteiger partial charge is 0.340 e. The summed E-state index contributed by atoms with van der Waals surface area (Å²) in [7, 11) is 2.14. The SMILES string of the molecule is CN1CCC(c2nc3nc(-c4cccnc4)c(-c4ccncc4F)cc3[nH]2)CC1. The first-order valence-electron chi connectivity index (χ1n) is 9.78. The van der Waals surface area contributed by atoms with Crippen molar-refractivity contribution in [3.05, 3.63) is 60.7 Å². The van der Waals surface area contributed by atoms with Crippen LogP contribution in [0.5, 0.6) is 0 Å². The molecule has 0 atom stereocenters. The van der Waals surface area contributed by atoms with Gasteiger partial charge in [0.25, 0.3) is 0 Å². The van der Waals surface area contributed by atoms with E-state index in [1.807, 2.05) is 18.2 Å². The Morgan fingerprint density at radius 2 is 1.86 bits per heavy atom. The van der Waals surface area contributed by atoms with E-state index < -0.39 is 0 Å². The molecule has 0 bridgehead atoms. The molecule has 0 amide bonds. The number of fused-ring (bicyclic) bond motifs is 1. The molecule has 4 aromatic rings. The van der Waals surface area contributed by atoms with Crippen LogP contribution in [0.2, 0.25) is 0 Å². The number of nitrogens with zero attached hydrogens (tertiary/aromatic N) is 5. The third kappa shape index (κ3) is 3.38. The molecular weight excluding hydrogens is 367 g/mol. The van der Waals surface area contributed by atoms with Crippen LogP contribution >= 0.6 is 0 Å². The van der Waals surface area contributed by atoms with Gasteiger partial charge in [-0.25, -0.2) is 14.4 Å². The van der Waals surface area contributed by atoms with Crippen LogP contribution in [0, 0.1) is 5.82 Å². The molecule has 1 fully saturated rings. The predicted molar refractivity (Wildman–Crippen MR) is 110 cm³/mol. The number of piperidine rings is 1. The second-order valence-electron chi connectivity index (χ2n) is 7.55. The highest BCUT2D eigenvalue weighted by molar-refractivity contribution is 5.88. The molecule has 1 N–H and O–H groups in total. The molecule has 5 rings (SSSR count). The zero-order chi connectivity index (χ0) is 19.8. The molecule has 1 aliphatic rings. The number of pyridine rings is 3. The highest BCUT2D eigenvalue weighted by atomic mass is 19.1. The van der Waals surface area contributed by atoms with Crippen LogP contribution in [-0.4, -0.2) is 50.0 Å². The minimum absolute atomic E-state index is 0.381. The zero-order valence-electron chi connectivity index (χ0n) is 16.1. The lowest BCUT2D eigenvalue weighted by atomic mass is 9.97. The zero-order valence-corrected chi connectivity index (χ0v) is 16.1. The van der Waals surface area contributed by atoms with Crippen molar-refractivity contribution in [2.75, 3.05) is 20.1 Å². The molecule has 0 unspecified atom stereocenters. The van der Waals surface area contributed by atoms with E-state index in [9.17, 15) is 4.39 Å². The molecular formula is C22H21FN6. The van der Waals surface area contributed by atoms with E-state index in [1.54, 1.807) is 24.7 Å². The fourth-order valence-electron chi connectivity index (χ4n) is 3.96. The van der Waals surface area contributed by atoms with Gasteiger partial charge in [-0.1, -0.05) is 0 Å². The van der Waals surface area contributed by atoms with Gasteiger partial charge in [-0.3, -0.25) is 9.97 Å². The van der Waals surface area contributed by atoms with Crippen LogP contribution in [0.4, 0.5) is 4.39 Å². The molecule has 4 aromatic heterocycles. The number of hydrogen-bond donors (Lipinski definition) is 1. The summed E-state index contributed by atoms with van der Waals surface area (Å²) in [6.07, 6.45) is 8.40. The van der Waals surface area contributed by atoms with Gasteiger partial charge >= 0.3 is 0 Å². The second kappa shape index (κ2) is 7.33. The molecule has 0 aliphatic carbocycles. The number of aromatic amines is 1. The lowest BCUT2D eigenvalue weighted by Crippen LogP contribution is -2.29. The Bertz CT molecular complexity index is 1150. The second-order valence-corrected chi connectivity index (χ2v) is 7.55. The van der Waals surface area contributed by atoms with Crippen molar-refractivity contribution in [2.24, 2.45) is 0 Å². The standard InChI is InChI=1S/C22H21FN6/c1-29-9-5-14(6-10-29)21-26-19-11-17(16-4-8-25-13-18(16)23)20(27-22(19)28-21)15-3-2-7-24-12-15/h2-4,7-8,11-14H,5-6,9-10H2,1H3,(H,26,27,28). The minimum atomic E-state index is -0.381. The minimum Gasteiger partial charge on any atom is -0.340 e. The molecule has 1 saturated heterocycles. The lowest BCUT2D eigenvalue weighted by molar-refractivity contribution is 0.252. The summed E-state index contributed by atoms with van der Waals surface area (Å²) in [5, 5.41) is 0. The number of halogens is 1. The molecule has 7 heteroatoms. The molecule has 29 heavy (non-hydrogen) atoms. The van der Waals surface area contributed by atoms with Crippen molar-refractivity contribution < 1.29 is 4.39 Å². The van der Waals surface area contributed by atoms with Crippen LogP contribution in [0.15, 0.2) is 49.1 Å². The van der Waals surface area contributed by atoms with E-state index in [4.69, 9.17) is 9.97 Å². The third-order valence-corrected chi connectivity index (χ3v) is 5.59. The molecule has 6 nitrogen and oxygen atoms in total. The van der Waals surface area contributed by atoms with Gasteiger partial charge in [0, 0.05) is 41.2 Å². The highest BCUT2D eigenvalue weighted by Gasteiger charge is 2.23. The van der Waals surface area contributed by atoms with Crippen molar-refractivity contribution in [3.8, 4) is 22.4 Å². The number of imidazole rings is 1. The van der Waals surface area contributed by atoms with Crippen LogP contribution in [0.1, 0.15) is 24.6 Å². The van der Waals surface area contributed by atoms with Gasteiger partial charge in [-0.2, -0.15) is 0 Å². The number of likely N-dealkylation sites (tertiary alicyclic amines) is 1. The first-order chi connectivity index (χ1) is 14.2. The van der Waals surface area contributed by atoms with Crippen LogP contribution in [0.25, 0.3) is 33.5 Å². The van der Waals surface area contributed by atoms with E-state index in [0.717, 1.165) is 42.8 Å². The van der Waals surface area contributed by atoms with E-state index in [0.29, 0.717) is 28.4 Å². The van der Waals surface area contributed by atoms with Gasteiger partial charge in [0.2, 0.25) is 0 Å². The number of aromatic nitrogens is 5. The van der Waals surface area contributed by atoms with E-state index in [-0.39, 0.29) is 5.82 Å². The molecule has 1 aliphatic heterocycles. The van der Waals surface area contributed by atoms with E-state index in [2.05, 4.69) is 26.9 Å². The average Bonchev–Trinajstić information content (AvgIpc) is 3.17. The Morgan fingerprint density at radius 1 is 1.03 bits per heavy atom. The number of H-pyrrole nitrogens is 1. The summed E-state index contributed by atoms with van der Waals surface area (Å²) in [5.41, 5.74) is 4.11. The Labute approximate surface area is 167 Å². The van der Waals surface area contributed by atoms with Crippen LogP contribution in [0.3, 0.4) is 0 Å². The smallest absolute Gasteiger partial charge is 0.178 e. The maximum Gasteiger partial charge on any atom is 0.178 e. The first kappa shape index (κ1) is 17.9. The summed E-state index contributed by atoms with van der Waals surface area (Å²) in [5.74, 6) is 0.974. The molecule has 0 spiro atoms. The van der Waals surface area contributed by atoms with Gasteiger partial charge < -0.3 is 9.88 Å². The topological polar surface area (TPSA) is 70.6 Å². The van der Waals surface area contributed by atoms with Gasteiger partial charge in [0.05, 0.1) is 17.4 Å². The Morgan fingerprint density at radius 3 is 2.62 bits per heavy atom.